The number of benzene rings is 1. The van der Waals surface area contributed by atoms with Gasteiger partial charge >= 0.3 is 0 Å². The monoisotopic (exact) mass is 462 g/mol. The van der Waals surface area contributed by atoms with Crippen molar-refractivity contribution in [3.63, 3.8) is 0 Å². The molecule has 1 amide bonds. The Bertz CT molecular complexity index is 916. The SMILES string of the molecule is C[C@H]1CC[C@H]2C(C)(C)C(Br)C(N)C[C@]23Oc2c(cc(O)c4c2CNC4=O)C[C@]13C. The van der Waals surface area contributed by atoms with Crippen LogP contribution in [0.5, 0.6) is 11.5 Å². The van der Waals surface area contributed by atoms with E-state index in [2.05, 4.69) is 48.9 Å². The van der Waals surface area contributed by atoms with Gasteiger partial charge in [-0.05, 0) is 42.2 Å². The fourth-order valence-electron chi connectivity index (χ4n) is 7.16. The standard InChI is InChI=1S/C23H31BrN2O3/c1-11-5-6-16-21(2,3)19(24)14(25)9-23(16)22(11,4)8-12-7-15(27)17-13(18(12)29-23)10-26-20(17)28/h7,11,14,16,19,27H,5-6,8-10,25H2,1-4H3,(H,26,28)/t11-,14?,16-,19?,22+,23-/m0/s1. The number of phenolic OH excluding ortho intramolecular Hbond substituents is 1. The highest BCUT2D eigenvalue weighted by molar-refractivity contribution is 9.09. The van der Waals surface area contributed by atoms with Gasteiger partial charge in [-0.3, -0.25) is 4.79 Å². The molecule has 2 unspecified atom stereocenters. The number of alkyl halides is 1. The molecule has 29 heavy (non-hydrogen) atoms. The summed E-state index contributed by atoms with van der Waals surface area (Å²) in [5.41, 5.74) is 8.45. The molecule has 0 bridgehead atoms. The first kappa shape index (κ1) is 19.7. The van der Waals surface area contributed by atoms with Gasteiger partial charge in [-0.15, -0.1) is 0 Å². The van der Waals surface area contributed by atoms with Crippen molar-refractivity contribution in [3.05, 3.63) is 22.8 Å². The number of hydrogen-bond donors (Lipinski definition) is 3. The third kappa shape index (κ3) is 2.28. The Hall–Kier alpha value is -1.27. The van der Waals surface area contributed by atoms with E-state index < -0.39 is 0 Å². The number of nitrogens with two attached hydrogens (primary N) is 1. The molecule has 1 aromatic carbocycles. The van der Waals surface area contributed by atoms with E-state index in [4.69, 9.17) is 10.5 Å². The zero-order chi connectivity index (χ0) is 20.9. The molecule has 5 rings (SSSR count). The van der Waals surface area contributed by atoms with Crippen LogP contribution in [-0.4, -0.2) is 27.5 Å². The number of amides is 1. The van der Waals surface area contributed by atoms with Gasteiger partial charge < -0.3 is 20.9 Å². The van der Waals surface area contributed by atoms with E-state index in [0.717, 1.165) is 42.6 Å². The second-order valence-corrected chi connectivity index (χ2v) is 11.6. The van der Waals surface area contributed by atoms with E-state index in [-0.39, 0.29) is 39.0 Å². The molecule has 1 spiro atoms. The molecule has 2 aliphatic carbocycles. The van der Waals surface area contributed by atoms with Gasteiger partial charge in [0.15, 0.2) is 0 Å². The lowest BCUT2D eigenvalue weighted by molar-refractivity contribution is -0.211. The van der Waals surface area contributed by atoms with Gasteiger partial charge in [0.1, 0.15) is 17.1 Å². The minimum atomic E-state index is -0.374. The lowest BCUT2D eigenvalue weighted by Crippen LogP contribution is -2.73. The number of ether oxygens (including phenoxy) is 1. The molecule has 2 heterocycles. The molecule has 158 valence electrons. The van der Waals surface area contributed by atoms with E-state index in [1.807, 2.05) is 0 Å². The van der Waals surface area contributed by atoms with Crippen LogP contribution in [0, 0.1) is 22.7 Å². The van der Waals surface area contributed by atoms with Crippen LogP contribution < -0.4 is 15.8 Å². The molecule has 2 fully saturated rings. The van der Waals surface area contributed by atoms with Gasteiger partial charge in [0, 0.05) is 40.7 Å². The Morgan fingerprint density at radius 3 is 2.76 bits per heavy atom. The quantitative estimate of drug-likeness (QED) is 0.510. The zero-order valence-corrected chi connectivity index (χ0v) is 19.2. The van der Waals surface area contributed by atoms with Crippen LogP contribution >= 0.6 is 15.9 Å². The first-order valence-electron chi connectivity index (χ1n) is 10.8. The van der Waals surface area contributed by atoms with E-state index in [1.54, 1.807) is 6.07 Å². The first-order valence-corrected chi connectivity index (χ1v) is 11.7. The Balaban J connectivity index is 1.74. The summed E-state index contributed by atoms with van der Waals surface area (Å²) < 4.78 is 7.10. The number of fused-ring (bicyclic) bond motifs is 3. The topological polar surface area (TPSA) is 84.6 Å². The summed E-state index contributed by atoms with van der Waals surface area (Å²) in [6.07, 6.45) is 3.92. The van der Waals surface area contributed by atoms with Crippen LogP contribution in [0.25, 0.3) is 0 Å². The van der Waals surface area contributed by atoms with E-state index in [1.165, 1.54) is 0 Å². The van der Waals surface area contributed by atoms with Crippen molar-refractivity contribution in [2.24, 2.45) is 28.4 Å². The molecule has 0 saturated heterocycles. The van der Waals surface area contributed by atoms with Crippen molar-refractivity contribution < 1.29 is 14.6 Å². The summed E-state index contributed by atoms with van der Waals surface area (Å²) in [5.74, 6) is 1.51. The number of phenols is 1. The van der Waals surface area contributed by atoms with Crippen LogP contribution in [0.3, 0.4) is 0 Å². The van der Waals surface area contributed by atoms with Crippen molar-refractivity contribution >= 4 is 21.8 Å². The molecule has 6 heteroatoms. The number of hydrogen-bond acceptors (Lipinski definition) is 4. The minimum absolute atomic E-state index is 0.00246. The minimum Gasteiger partial charge on any atom is -0.507 e. The van der Waals surface area contributed by atoms with Crippen molar-refractivity contribution in [2.45, 2.75) is 76.4 Å². The molecular formula is C23H31BrN2O3. The number of nitrogens with one attached hydrogen (secondary N) is 1. The van der Waals surface area contributed by atoms with Crippen LogP contribution in [0.1, 0.15) is 68.4 Å². The molecule has 0 aromatic heterocycles. The normalized spacial score (nSPS) is 42.1. The van der Waals surface area contributed by atoms with Gasteiger partial charge in [-0.2, -0.15) is 0 Å². The molecule has 6 atom stereocenters. The molecule has 1 aromatic rings. The smallest absolute Gasteiger partial charge is 0.255 e. The lowest BCUT2D eigenvalue weighted by atomic mass is 9.43. The summed E-state index contributed by atoms with van der Waals surface area (Å²) in [7, 11) is 0. The third-order valence-corrected chi connectivity index (χ3v) is 10.8. The average Bonchev–Trinajstić information content (AvgIpc) is 3.03. The predicted octanol–water partition coefficient (Wildman–Crippen LogP) is 3.88. The van der Waals surface area contributed by atoms with Crippen LogP contribution in [-0.2, 0) is 13.0 Å². The second kappa shape index (κ2) is 5.91. The van der Waals surface area contributed by atoms with Gasteiger partial charge in [-0.1, -0.05) is 43.6 Å². The van der Waals surface area contributed by atoms with E-state index >= 15 is 0 Å². The van der Waals surface area contributed by atoms with Crippen molar-refractivity contribution in [3.8, 4) is 11.5 Å². The summed E-state index contributed by atoms with van der Waals surface area (Å²) in [4.78, 5) is 12.5. The molecule has 4 aliphatic rings. The summed E-state index contributed by atoms with van der Waals surface area (Å²) in [5, 5.41) is 13.4. The lowest BCUT2D eigenvalue weighted by Gasteiger charge is -2.68. The van der Waals surface area contributed by atoms with Crippen molar-refractivity contribution in [1.82, 2.24) is 5.32 Å². The maximum atomic E-state index is 12.3. The highest BCUT2D eigenvalue weighted by Crippen LogP contribution is 2.67. The average molecular weight is 463 g/mol. The fourth-order valence-corrected chi connectivity index (χ4v) is 7.67. The molecule has 0 radical (unpaired) electrons. The van der Waals surface area contributed by atoms with E-state index in [9.17, 15) is 9.90 Å². The molecule has 2 aliphatic heterocycles. The number of halogens is 1. The second-order valence-electron chi connectivity index (χ2n) is 10.6. The number of carbonyl (C=O) groups excluding carboxylic acids is 1. The highest BCUT2D eigenvalue weighted by Gasteiger charge is 2.69. The molecular weight excluding hydrogens is 432 g/mol. The van der Waals surface area contributed by atoms with Crippen LogP contribution in [0.2, 0.25) is 0 Å². The maximum Gasteiger partial charge on any atom is 0.255 e. The predicted molar refractivity (Wildman–Crippen MR) is 115 cm³/mol. The Kier molecular flexibility index (Phi) is 4.01. The van der Waals surface area contributed by atoms with Gasteiger partial charge in [0.25, 0.3) is 5.91 Å². The summed E-state index contributed by atoms with van der Waals surface area (Å²) in [6.45, 7) is 9.74. The molecule has 5 nitrogen and oxygen atoms in total. The number of rotatable bonds is 0. The van der Waals surface area contributed by atoms with Gasteiger partial charge in [-0.25, -0.2) is 0 Å². The van der Waals surface area contributed by atoms with Crippen LogP contribution in [0.4, 0.5) is 0 Å². The molecule has 4 N–H and O–H groups in total. The van der Waals surface area contributed by atoms with E-state index in [0.29, 0.717) is 23.9 Å². The molecule has 2 saturated carbocycles. The van der Waals surface area contributed by atoms with Gasteiger partial charge in [0.2, 0.25) is 0 Å². The number of aromatic hydroxyl groups is 1. The zero-order valence-electron chi connectivity index (χ0n) is 17.6. The third-order valence-electron chi connectivity index (χ3n) is 8.96. The fraction of sp³-hybridized carbons (Fsp3) is 0.696. The summed E-state index contributed by atoms with van der Waals surface area (Å²) >= 11 is 3.91. The highest BCUT2D eigenvalue weighted by atomic mass is 79.9. The maximum absolute atomic E-state index is 12.3. The Morgan fingerprint density at radius 2 is 2.03 bits per heavy atom. The van der Waals surface area contributed by atoms with Crippen molar-refractivity contribution in [2.75, 3.05) is 0 Å². The van der Waals surface area contributed by atoms with Crippen LogP contribution in [0.15, 0.2) is 6.07 Å². The first-order chi connectivity index (χ1) is 13.5. The number of carbonyl (C=O) groups is 1. The van der Waals surface area contributed by atoms with Gasteiger partial charge in [0.05, 0.1) is 5.56 Å². The Labute approximate surface area is 180 Å². The van der Waals surface area contributed by atoms with Crippen molar-refractivity contribution in [1.29, 1.82) is 0 Å². The summed E-state index contributed by atoms with van der Waals surface area (Å²) in [6, 6.07) is 1.76. The largest absolute Gasteiger partial charge is 0.507 e. The Morgan fingerprint density at radius 1 is 1.31 bits per heavy atom.